The number of benzene rings is 2. The molecular weight excluding hydrogens is 480 g/mol. The highest BCUT2D eigenvalue weighted by molar-refractivity contribution is 6.23. The van der Waals surface area contributed by atoms with Gasteiger partial charge >= 0.3 is 5.97 Å². The number of rotatable bonds is 5. The summed E-state index contributed by atoms with van der Waals surface area (Å²) >= 11 is 0. The van der Waals surface area contributed by atoms with Gasteiger partial charge in [-0.2, -0.15) is 0 Å². The quantitative estimate of drug-likeness (QED) is 0.262. The van der Waals surface area contributed by atoms with Crippen molar-refractivity contribution in [1.29, 1.82) is 0 Å². The molecule has 2 aromatic rings. The van der Waals surface area contributed by atoms with Gasteiger partial charge in [-0.05, 0) is 73.3 Å². The summed E-state index contributed by atoms with van der Waals surface area (Å²) in [5.74, 6) is 0.0387. The second kappa shape index (κ2) is 8.38. The van der Waals surface area contributed by atoms with E-state index in [2.05, 4.69) is 12.2 Å². The zero-order chi connectivity index (χ0) is 26.3. The summed E-state index contributed by atoms with van der Waals surface area (Å²) in [5, 5.41) is 0. The van der Waals surface area contributed by atoms with Crippen LogP contribution in [0.1, 0.15) is 36.9 Å². The van der Waals surface area contributed by atoms with E-state index < -0.39 is 11.9 Å². The fourth-order valence-corrected chi connectivity index (χ4v) is 7.51. The summed E-state index contributed by atoms with van der Waals surface area (Å²) in [4.78, 5) is 55.7. The predicted molar refractivity (Wildman–Crippen MR) is 139 cm³/mol. The Balaban J connectivity index is 1.05. The van der Waals surface area contributed by atoms with Crippen molar-refractivity contribution in [2.45, 2.75) is 32.7 Å². The minimum absolute atomic E-state index is 0.0662. The van der Waals surface area contributed by atoms with E-state index in [0.717, 1.165) is 12.0 Å². The van der Waals surface area contributed by atoms with Crippen LogP contribution >= 0.6 is 0 Å². The lowest BCUT2D eigenvalue weighted by Crippen LogP contribution is -2.40. The number of nitrogens with zero attached hydrogens (tertiary/aromatic N) is 2. The molecule has 6 aliphatic rings. The average Bonchev–Trinajstić information content (AvgIpc) is 3.60. The Hall–Kier alpha value is -3.74. The number of imide groups is 1. The second-order valence-corrected chi connectivity index (χ2v) is 11.6. The minimum Gasteiger partial charge on any atom is -0.426 e. The van der Waals surface area contributed by atoms with Crippen LogP contribution in [0.2, 0.25) is 0 Å². The number of hydrogen-bond donors (Lipinski definition) is 0. The van der Waals surface area contributed by atoms with Gasteiger partial charge in [0.1, 0.15) is 5.75 Å². The monoisotopic (exact) mass is 510 g/mol. The Bertz CT molecular complexity index is 1360. The molecule has 7 nitrogen and oxygen atoms in total. The number of aryl methyl sites for hydroxylation is 1. The van der Waals surface area contributed by atoms with Crippen LogP contribution in [-0.4, -0.2) is 35.1 Å². The van der Waals surface area contributed by atoms with Gasteiger partial charge in [-0.15, -0.1) is 0 Å². The maximum Gasteiger partial charge on any atom is 0.316 e. The predicted octanol–water partition coefficient (Wildman–Crippen LogP) is 4.07. The van der Waals surface area contributed by atoms with Gasteiger partial charge in [0.2, 0.25) is 17.7 Å². The van der Waals surface area contributed by atoms with Crippen molar-refractivity contribution < 1.29 is 23.9 Å². The first-order chi connectivity index (χ1) is 18.3. The van der Waals surface area contributed by atoms with Gasteiger partial charge in [0.05, 0.1) is 29.5 Å². The van der Waals surface area contributed by atoms with Crippen LogP contribution in [-0.2, 0) is 19.2 Å². The van der Waals surface area contributed by atoms with Crippen LogP contribution in [0.4, 0.5) is 5.69 Å². The minimum atomic E-state index is -0.548. The number of allylic oxidation sites excluding steroid dienone is 2. The normalized spacial score (nSPS) is 33.4. The molecule has 2 aromatic carbocycles. The van der Waals surface area contributed by atoms with Crippen molar-refractivity contribution in [3.05, 3.63) is 71.8 Å². The topological polar surface area (TPSA) is 84.0 Å². The molecule has 4 aliphatic carbocycles. The summed E-state index contributed by atoms with van der Waals surface area (Å²) in [6.45, 7) is 4.09. The second-order valence-electron chi connectivity index (χ2n) is 11.6. The van der Waals surface area contributed by atoms with Crippen molar-refractivity contribution >= 4 is 29.4 Å². The highest BCUT2D eigenvalue weighted by atomic mass is 16.5. The van der Waals surface area contributed by atoms with E-state index in [9.17, 15) is 19.2 Å². The van der Waals surface area contributed by atoms with E-state index in [1.54, 1.807) is 23.1 Å². The van der Waals surface area contributed by atoms with Crippen LogP contribution in [0.25, 0.3) is 0 Å². The third kappa shape index (κ3) is 3.40. The van der Waals surface area contributed by atoms with Crippen molar-refractivity contribution in [3.63, 3.8) is 0 Å². The number of ether oxygens (including phenoxy) is 1. The molecule has 2 heterocycles. The molecule has 8 atom stereocenters. The smallest absolute Gasteiger partial charge is 0.316 e. The lowest BCUT2D eigenvalue weighted by molar-refractivity contribution is -0.139. The number of esters is 1. The van der Waals surface area contributed by atoms with Gasteiger partial charge in [0, 0.05) is 13.0 Å². The standard InChI is InChI=1S/C31H30N2O5/c1-16-12-20(38-31(37)19-13-26(34)32(15-19)17(2)18-6-4-3-5-7-18)8-11-25(16)33-29(35)27-21-9-10-22(24-14-23(21)24)28(27)30(33)36/h3-12,17,19,21-24,27-28H,13-15H2,1-2H3/t17-,19-,21+,22+,23+,24+,27-,28-/m1/s1. The fourth-order valence-electron chi connectivity index (χ4n) is 7.51. The number of carbonyl (C=O) groups excluding carboxylic acids is 4. The molecule has 2 saturated carbocycles. The van der Waals surface area contributed by atoms with Crippen molar-refractivity contribution in [3.8, 4) is 5.75 Å². The Morgan fingerprint density at radius 1 is 0.947 bits per heavy atom. The molecule has 4 fully saturated rings. The van der Waals surface area contributed by atoms with Gasteiger partial charge in [0.15, 0.2) is 0 Å². The lowest BCUT2D eigenvalue weighted by Gasteiger charge is -2.37. The summed E-state index contributed by atoms with van der Waals surface area (Å²) < 4.78 is 5.67. The Kier molecular flexibility index (Phi) is 5.16. The Morgan fingerprint density at radius 2 is 1.61 bits per heavy atom. The number of carbonyl (C=O) groups is 4. The van der Waals surface area contributed by atoms with Gasteiger partial charge in [-0.25, -0.2) is 4.90 Å². The lowest BCUT2D eigenvalue weighted by atomic mass is 9.63. The highest BCUT2D eigenvalue weighted by Crippen LogP contribution is 2.65. The highest BCUT2D eigenvalue weighted by Gasteiger charge is 2.67. The van der Waals surface area contributed by atoms with Gasteiger partial charge in [-0.1, -0.05) is 42.5 Å². The number of amides is 3. The van der Waals surface area contributed by atoms with Crippen LogP contribution in [0.3, 0.4) is 0 Å². The summed E-state index contributed by atoms with van der Waals surface area (Å²) in [6.07, 6.45) is 5.58. The first-order valence-corrected chi connectivity index (χ1v) is 13.6. The summed E-state index contributed by atoms with van der Waals surface area (Å²) in [6, 6.07) is 14.7. The third-order valence-electron chi connectivity index (χ3n) is 9.53. The molecule has 38 heavy (non-hydrogen) atoms. The van der Waals surface area contributed by atoms with Crippen molar-refractivity contribution in [1.82, 2.24) is 4.90 Å². The average molecular weight is 511 g/mol. The van der Waals surface area contributed by atoms with Crippen LogP contribution in [0.5, 0.6) is 5.75 Å². The zero-order valence-electron chi connectivity index (χ0n) is 21.4. The van der Waals surface area contributed by atoms with Crippen LogP contribution in [0, 0.1) is 48.3 Å². The van der Waals surface area contributed by atoms with Gasteiger partial charge in [-0.3, -0.25) is 19.2 Å². The fraction of sp³-hybridized carbons (Fsp3) is 0.419. The summed E-state index contributed by atoms with van der Waals surface area (Å²) in [7, 11) is 0. The van der Waals surface area contributed by atoms with Crippen LogP contribution in [0.15, 0.2) is 60.7 Å². The maximum absolute atomic E-state index is 13.5. The molecule has 0 spiro atoms. The molecule has 7 heteroatoms. The number of likely N-dealkylation sites (tertiary alicyclic amines) is 1. The molecule has 8 rings (SSSR count). The molecule has 0 radical (unpaired) electrons. The molecule has 0 N–H and O–H groups in total. The zero-order valence-corrected chi connectivity index (χ0v) is 21.4. The first-order valence-electron chi connectivity index (χ1n) is 13.6. The first kappa shape index (κ1) is 23.4. The maximum atomic E-state index is 13.5. The molecule has 2 bridgehead atoms. The Morgan fingerprint density at radius 3 is 2.24 bits per heavy atom. The molecule has 2 saturated heterocycles. The molecule has 194 valence electrons. The van der Waals surface area contributed by atoms with Crippen LogP contribution < -0.4 is 9.64 Å². The van der Waals surface area contributed by atoms with E-state index in [4.69, 9.17) is 4.74 Å². The molecular formula is C31H30N2O5. The molecule has 3 amide bonds. The number of anilines is 1. The van der Waals surface area contributed by atoms with E-state index in [1.807, 2.05) is 44.2 Å². The van der Waals surface area contributed by atoms with E-state index in [0.29, 0.717) is 35.4 Å². The van der Waals surface area contributed by atoms with Crippen molar-refractivity contribution in [2.24, 2.45) is 41.4 Å². The van der Waals surface area contributed by atoms with Gasteiger partial charge < -0.3 is 9.64 Å². The summed E-state index contributed by atoms with van der Waals surface area (Å²) in [5.41, 5.74) is 2.27. The Labute approximate surface area is 221 Å². The SMILES string of the molecule is Cc1cc(OC(=O)[C@@H]2CC(=O)N([C@H](C)c3ccccc3)C2)ccc1N1C(=O)[C@@H]2[C@H]3C=C[C@@H]([C@@H]4C[C@@H]34)[C@H]2C1=O. The van der Waals surface area contributed by atoms with E-state index >= 15 is 0 Å². The van der Waals surface area contributed by atoms with E-state index in [1.165, 1.54) is 4.90 Å². The third-order valence-corrected chi connectivity index (χ3v) is 9.53. The molecule has 0 aromatic heterocycles. The van der Waals surface area contributed by atoms with E-state index in [-0.39, 0.29) is 53.9 Å². The number of hydrogen-bond acceptors (Lipinski definition) is 5. The molecule has 2 aliphatic heterocycles. The molecule has 0 unspecified atom stereocenters. The van der Waals surface area contributed by atoms with Crippen molar-refractivity contribution in [2.75, 3.05) is 11.4 Å². The largest absolute Gasteiger partial charge is 0.426 e. The van der Waals surface area contributed by atoms with Gasteiger partial charge in [0.25, 0.3) is 0 Å².